The molecule has 5 heteroatoms. The summed E-state index contributed by atoms with van der Waals surface area (Å²) in [5.41, 5.74) is 2.00. The van der Waals surface area contributed by atoms with E-state index < -0.39 is 5.97 Å². The number of hydrogen-bond donors (Lipinski definition) is 1. The molecule has 0 fully saturated rings. The summed E-state index contributed by atoms with van der Waals surface area (Å²) in [5.74, 6) is -0.493. The van der Waals surface area contributed by atoms with Gasteiger partial charge in [-0.05, 0) is 36.4 Å². The Morgan fingerprint density at radius 3 is 2.07 bits per heavy atom. The summed E-state index contributed by atoms with van der Waals surface area (Å²) in [6, 6.07) is 22.0. The van der Waals surface area contributed by atoms with Gasteiger partial charge in [-0.25, -0.2) is 0 Å². The van der Waals surface area contributed by atoms with Crippen LogP contribution in [0, 0.1) is 0 Å². The van der Waals surface area contributed by atoms with Gasteiger partial charge in [-0.3, -0.25) is 14.4 Å². The minimum atomic E-state index is -0.424. The molecule has 1 amide bonds. The second-order valence-corrected chi connectivity index (χ2v) is 5.85. The Labute approximate surface area is 156 Å². The highest BCUT2D eigenvalue weighted by Gasteiger charge is 2.11. The molecule has 134 valence electrons. The molecule has 27 heavy (non-hydrogen) atoms. The number of rotatable bonds is 5. The van der Waals surface area contributed by atoms with Crippen LogP contribution in [0.3, 0.4) is 0 Å². The van der Waals surface area contributed by atoms with Crippen LogP contribution < -0.4 is 10.1 Å². The van der Waals surface area contributed by atoms with E-state index in [1.807, 2.05) is 6.07 Å². The molecule has 3 aromatic rings. The molecular weight excluding hydrogens is 342 g/mol. The Balaban J connectivity index is 1.73. The topological polar surface area (TPSA) is 72.5 Å². The predicted molar refractivity (Wildman–Crippen MR) is 102 cm³/mol. The SMILES string of the molecule is CC(=O)Oc1ccc(C(=O)Nc2cccc(C(=O)c3ccccc3)c2)cc1. The fourth-order valence-corrected chi connectivity index (χ4v) is 2.54. The third-order valence-electron chi connectivity index (χ3n) is 3.80. The van der Waals surface area contributed by atoms with Gasteiger partial charge in [-0.2, -0.15) is 0 Å². The number of ketones is 1. The van der Waals surface area contributed by atoms with E-state index in [1.165, 1.54) is 6.92 Å². The first kappa shape index (κ1) is 18.1. The molecule has 0 spiro atoms. The lowest BCUT2D eigenvalue weighted by atomic mass is 10.0. The van der Waals surface area contributed by atoms with Gasteiger partial charge in [-0.1, -0.05) is 42.5 Å². The van der Waals surface area contributed by atoms with Crippen LogP contribution in [0.5, 0.6) is 5.75 Å². The zero-order chi connectivity index (χ0) is 19.2. The minimum Gasteiger partial charge on any atom is -0.427 e. The largest absolute Gasteiger partial charge is 0.427 e. The van der Waals surface area contributed by atoms with Crippen LogP contribution in [-0.2, 0) is 4.79 Å². The molecule has 0 aliphatic carbocycles. The zero-order valence-corrected chi connectivity index (χ0v) is 14.6. The Hall–Kier alpha value is -3.73. The van der Waals surface area contributed by atoms with E-state index in [0.717, 1.165) is 0 Å². The number of nitrogens with one attached hydrogen (secondary N) is 1. The second kappa shape index (κ2) is 8.10. The van der Waals surface area contributed by atoms with E-state index >= 15 is 0 Å². The van der Waals surface area contributed by atoms with Crippen molar-refractivity contribution >= 4 is 23.3 Å². The lowest BCUT2D eigenvalue weighted by Gasteiger charge is -2.08. The molecule has 0 saturated heterocycles. The Bertz CT molecular complexity index is 979. The molecule has 0 radical (unpaired) electrons. The first-order valence-corrected chi connectivity index (χ1v) is 8.32. The van der Waals surface area contributed by atoms with Crippen molar-refractivity contribution in [2.75, 3.05) is 5.32 Å². The number of hydrogen-bond acceptors (Lipinski definition) is 4. The minimum absolute atomic E-state index is 0.113. The first-order valence-electron chi connectivity index (χ1n) is 8.32. The van der Waals surface area contributed by atoms with Crippen molar-refractivity contribution in [1.29, 1.82) is 0 Å². The Morgan fingerprint density at radius 2 is 1.41 bits per heavy atom. The summed E-state index contributed by atoms with van der Waals surface area (Å²) in [7, 11) is 0. The molecule has 1 N–H and O–H groups in total. The smallest absolute Gasteiger partial charge is 0.308 e. The van der Waals surface area contributed by atoms with Gasteiger partial charge in [-0.15, -0.1) is 0 Å². The average Bonchev–Trinajstić information content (AvgIpc) is 2.68. The molecule has 3 rings (SSSR count). The van der Waals surface area contributed by atoms with Crippen molar-refractivity contribution < 1.29 is 19.1 Å². The molecule has 0 aliphatic heterocycles. The number of carbonyl (C=O) groups excluding carboxylic acids is 3. The highest BCUT2D eigenvalue weighted by molar-refractivity contribution is 6.10. The maximum atomic E-state index is 12.5. The zero-order valence-electron chi connectivity index (χ0n) is 14.6. The summed E-state index contributed by atoms with van der Waals surface area (Å²) < 4.78 is 4.94. The van der Waals surface area contributed by atoms with Crippen molar-refractivity contribution in [3.8, 4) is 5.75 Å². The summed E-state index contributed by atoms with van der Waals surface area (Å²) >= 11 is 0. The predicted octanol–water partition coefficient (Wildman–Crippen LogP) is 4.10. The van der Waals surface area contributed by atoms with Gasteiger partial charge in [0.25, 0.3) is 5.91 Å². The van der Waals surface area contributed by atoms with Crippen LogP contribution in [0.1, 0.15) is 33.2 Å². The van der Waals surface area contributed by atoms with E-state index in [4.69, 9.17) is 4.74 Å². The third kappa shape index (κ3) is 4.67. The van der Waals surface area contributed by atoms with Crippen molar-refractivity contribution in [2.24, 2.45) is 0 Å². The van der Waals surface area contributed by atoms with Crippen LogP contribution in [0.15, 0.2) is 78.9 Å². The van der Waals surface area contributed by atoms with Crippen molar-refractivity contribution in [2.45, 2.75) is 6.92 Å². The van der Waals surface area contributed by atoms with E-state index in [0.29, 0.717) is 28.1 Å². The normalized spacial score (nSPS) is 10.1. The van der Waals surface area contributed by atoms with E-state index in [-0.39, 0.29) is 11.7 Å². The standard InChI is InChI=1S/C22H17NO4/c1-15(24)27-20-12-10-17(11-13-20)22(26)23-19-9-5-8-18(14-19)21(25)16-6-3-2-4-7-16/h2-14H,1H3,(H,23,26). The van der Waals surface area contributed by atoms with E-state index in [9.17, 15) is 14.4 Å². The number of carbonyl (C=O) groups is 3. The van der Waals surface area contributed by atoms with Crippen molar-refractivity contribution in [3.05, 3.63) is 95.6 Å². The van der Waals surface area contributed by atoms with Gasteiger partial charge in [0.15, 0.2) is 5.78 Å². The van der Waals surface area contributed by atoms with Gasteiger partial charge < -0.3 is 10.1 Å². The van der Waals surface area contributed by atoms with Crippen molar-refractivity contribution in [1.82, 2.24) is 0 Å². The summed E-state index contributed by atoms with van der Waals surface area (Å²) in [5, 5.41) is 2.77. The highest BCUT2D eigenvalue weighted by atomic mass is 16.5. The van der Waals surface area contributed by atoms with Crippen LogP contribution in [-0.4, -0.2) is 17.7 Å². The van der Waals surface area contributed by atoms with Crippen LogP contribution in [0.25, 0.3) is 0 Å². The molecule has 5 nitrogen and oxygen atoms in total. The molecule has 0 aromatic heterocycles. The quantitative estimate of drug-likeness (QED) is 0.423. The summed E-state index contributed by atoms with van der Waals surface area (Å²) in [6.45, 7) is 1.31. The number of amides is 1. The summed E-state index contributed by atoms with van der Waals surface area (Å²) in [6.07, 6.45) is 0. The fourth-order valence-electron chi connectivity index (χ4n) is 2.54. The molecule has 0 atom stereocenters. The Morgan fingerprint density at radius 1 is 0.741 bits per heavy atom. The molecule has 0 saturated carbocycles. The van der Waals surface area contributed by atoms with Crippen molar-refractivity contribution in [3.63, 3.8) is 0 Å². The van der Waals surface area contributed by atoms with Gasteiger partial charge in [0.1, 0.15) is 5.75 Å². The lowest BCUT2D eigenvalue weighted by Crippen LogP contribution is -2.12. The number of ether oxygens (including phenoxy) is 1. The van der Waals surface area contributed by atoms with Gasteiger partial charge in [0.05, 0.1) is 0 Å². The molecular formula is C22H17NO4. The maximum absolute atomic E-state index is 12.5. The van der Waals surface area contributed by atoms with Crippen LogP contribution in [0.4, 0.5) is 5.69 Å². The number of anilines is 1. The van der Waals surface area contributed by atoms with Gasteiger partial charge >= 0.3 is 5.97 Å². The van der Waals surface area contributed by atoms with E-state index in [1.54, 1.807) is 72.8 Å². The van der Waals surface area contributed by atoms with Gasteiger partial charge in [0.2, 0.25) is 0 Å². The maximum Gasteiger partial charge on any atom is 0.308 e. The monoisotopic (exact) mass is 359 g/mol. The molecule has 0 bridgehead atoms. The lowest BCUT2D eigenvalue weighted by molar-refractivity contribution is -0.131. The number of esters is 1. The Kier molecular flexibility index (Phi) is 5.42. The van der Waals surface area contributed by atoms with Crippen LogP contribution in [0.2, 0.25) is 0 Å². The molecule has 3 aromatic carbocycles. The average molecular weight is 359 g/mol. The number of benzene rings is 3. The second-order valence-electron chi connectivity index (χ2n) is 5.85. The molecule has 0 unspecified atom stereocenters. The molecule has 0 heterocycles. The third-order valence-corrected chi connectivity index (χ3v) is 3.80. The van der Waals surface area contributed by atoms with Gasteiger partial charge in [0, 0.05) is 29.3 Å². The fraction of sp³-hybridized carbons (Fsp3) is 0.0455. The van der Waals surface area contributed by atoms with Crippen LogP contribution >= 0.6 is 0 Å². The molecule has 0 aliphatic rings. The summed E-state index contributed by atoms with van der Waals surface area (Å²) in [4.78, 5) is 35.9. The van der Waals surface area contributed by atoms with E-state index in [2.05, 4.69) is 5.32 Å². The first-order chi connectivity index (χ1) is 13.0. The highest BCUT2D eigenvalue weighted by Crippen LogP contribution is 2.17.